The van der Waals surface area contributed by atoms with Gasteiger partial charge in [-0.05, 0) is 30.2 Å². The van der Waals surface area contributed by atoms with E-state index in [1.807, 2.05) is 6.07 Å². The second-order valence-corrected chi connectivity index (χ2v) is 2.93. The lowest BCUT2D eigenvalue weighted by Crippen LogP contribution is -1.91. The summed E-state index contributed by atoms with van der Waals surface area (Å²) in [6.07, 6.45) is 0. The monoisotopic (exact) mass is 183 g/mol. The van der Waals surface area contributed by atoms with E-state index >= 15 is 0 Å². The molecule has 0 spiro atoms. The van der Waals surface area contributed by atoms with Gasteiger partial charge in [-0.1, -0.05) is 6.07 Å². The Morgan fingerprint density at radius 3 is 2.75 bits per heavy atom. The molecule has 0 fully saturated rings. The molecule has 0 radical (unpaired) electrons. The zero-order valence-electron chi connectivity index (χ0n) is 6.51. The number of halogens is 2. The van der Waals surface area contributed by atoms with E-state index in [4.69, 9.17) is 16.9 Å². The number of nitriles is 1. The van der Waals surface area contributed by atoms with Gasteiger partial charge < -0.3 is 0 Å². The first kappa shape index (κ1) is 9.02. The molecule has 0 N–H and O–H groups in total. The molecule has 1 nitrogen and oxygen atoms in total. The highest BCUT2D eigenvalue weighted by atomic mass is 35.5. The van der Waals surface area contributed by atoms with Crippen LogP contribution < -0.4 is 0 Å². The quantitative estimate of drug-likeness (QED) is 0.615. The third-order valence-corrected chi connectivity index (χ3v) is 1.95. The zero-order chi connectivity index (χ0) is 9.14. The second-order valence-electron chi connectivity index (χ2n) is 2.49. The minimum absolute atomic E-state index is 0.307. The van der Waals surface area contributed by atoms with Gasteiger partial charge in [0.2, 0.25) is 0 Å². The molecule has 62 valence electrons. The Labute approximate surface area is 75.4 Å². The van der Waals surface area contributed by atoms with E-state index in [1.54, 1.807) is 6.92 Å². The maximum atomic E-state index is 12.6. The first-order valence-corrected chi connectivity index (χ1v) is 3.88. The van der Waals surface area contributed by atoms with Gasteiger partial charge in [-0.15, -0.1) is 11.6 Å². The van der Waals surface area contributed by atoms with Crippen LogP contribution in [0.4, 0.5) is 4.39 Å². The number of rotatable bonds is 1. The number of hydrogen-bond acceptors (Lipinski definition) is 1. The number of aryl methyl sites for hydroxylation is 1. The molecule has 0 heterocycles. The summed E-state index contributed by atoms with van der Waals surface area (Å²) in [6.45, 7) is 1.73. The summed E-state index contributed by atoms with van der Waals surface area (Å²) < 4.78 is 12.6. The van der Waals surface area contributed by atoms with Crippen LogP contribution in [0.2, 0.25) is 0 Å². The first-order chi connectivity index (χ1) is 5.65. The number of benzene rings is 1. The van der Waals surface area contributed by atoms with Crippen LogP contribution in [-0.2, 0) is 0 Å². The third kappa shape index (κ3) is 1.75. The molecule has 0 saturated carbocycles. The molecular weight excluding hydrogens is 177 g/mol. The van der Waals surface area contributed by atoms with Crippen molar-refractivity contribution in [2.75, 3.05) is 0 Å². The summed E-state index contributed by atoms with van der Waals surface area (Å²) in [7, 11) is 0. The third-order valence-electron chi connectivity index (χ3n) is 1.62. The Hall–Kier alpha value is -1.07. The molecule has 0 aliphatic carbocycles. The molecule has 3 heteroatoms. The fourth-order valence-corrected chi connectivity index (χ4v) is 1.24. The smallest absolute Gasteiger partial charge is 0.145 e. The lowest BCUT2D eigenvalue weighted by Gasteiger charge is -2.04. The fourth-order valence-electron chi connectivity index (χ4n) is 0.993. The first-order valence-electron chi connectivity index (χ1n) is 3.45. The minimum atomic E-state index is -0.689. The van der Waals surface area contributed by atoms with Gasteiger partial charge in [0.15, 0.2) is 0 Å². The van der Waals surface area contributed by atoms with Gasteiger partial charge in [-0.25, -0.2) is 4.39 Å². The van der Waals surface area contributed by atoms with Crippen LogP contribution in [0.15, 0.2) is 18.2 Å². The normalized spacial score (nSPS) is 12.2. The van der Waals surface area contributed by atoms with E-state index in [0.29, 0.717) is 11.1 Å². The van der Waals surface area contributed by atoms with Gasteiger partial charge in [0.05, 0.1) is 6.07 Å². The Balaban J connectivity index is 3.11. The predicted molar refractivity (Wildman–Crippen MR) is 45.3 cm³/mol. The maximum Gasteiger partial charge on any atom is 0.145 e. The molecule has 0 amide bonds. The molecular formula is C9H7ClFN. The minimum Gasteiger partial charge on any atom is -0.207 e. The van der Waals surface area contributed by atoms with Gasteiger partial charge in [-0.3, -0.25) is 0 Å². The van der Waals surface area contributed by atoms with Crippen molar-refractivity contribution in [1.82, 2.24) is 0 Å². The Morgan fingerprint density at radius 2 is 2.25 bits per heavy atom. The Bertz CT molecular complexity index is 330. The molecule has 1 aromatic carbocycles. The SMILES string of the molecule is Cc1cc(F)ccc1C(Cl)C#N. The molecule has 0 aromatic heterocycles. The van der Waals surface area contributed by atoms with Crippen LogP contribution in [0.25, 0.3) is 0 Å². The van der Waals surface area contributed by atoms with Crippen LogP contribution in [0.5, 0.6) is 0 Å². The molecule has 1 atom stereocenters. The van der Waals surface area contributed by atoms with Gasteiger partial charge in [0.1, 0.15) is 11.2 Å². The summed E-state index contributed by atoms with van der Waals surface area (Å²) in [6, 6.07) is 6.08. The second kappa shape index (κ2) is 3.55. The van der Waals surface area contributed by atoms with Gasteiger partial charge >= 0.3 is 0 Å². The molecule has 0 aliphatic rings. The molecule has 0 aliphatic heterocycles. The highest BCUT2D eigenvalue weighted by molar-refractivity contribution is 6.22. The largest absolute Gasteiger partial charge is 0.207 e. The zero-order valence-corrected chi connectivity index (χ0v) is 7.27. The maximum absolute atomic E-state index is 12.6. The molecule has 1 aromatic rings. The van der Waals surface area contributed by atoms with Crippen LogP contribution in [-0.4, -0.2) is 0 Å². The Kier molecular flexibility index (Phi) is 2.67. The van der Waals surface area contributed by atoms with E-state index in [-0.39, 0.29) is 5.82 Å². The number of nitrogens with zero attached hydrogens (tertiary/aromatic N) is 1. The molecule has 1 rings (SSSR count). The topological polar surface area (TPSA) is 23.8 Å². The highest BCUT2D eigenvalue weighted by Gasteiger charge is 2.08. The molecule has 12 heavy (non-hydrogen) atoms. The summed E-state index contributed by atoms with van der Waals surface area (Å²) in [5, 5.41) is 7.82. The molecule has 0 saturated heterocycles. The van der Waals surface area contributed by atoms with Crippen molar-refractivity contribution in [1.29, 1.82) is 5.26 Å². The number of hydrogen-bond donors (Lipinski definition) is 0. The fraction of sp³-hybridized carbons (Fsp3) is 0.222. The van der Waals surface area contributed by atoms with Crippen molar-refractivity contribution in [2.24, 2.45) is 0 Å². The summed E-state index contributed by atoms with van der Waals surface area (Å²) >= 11 is 5.66. The molecule has 0 bridgehead atoms. The van der Waals surface area contributed by atoms with Gasteiger partial charge in [-0.2, -0.15) is 5.26 Å². The molecule has 1 unspecified atom stereocenters. The van der Waals surface area contributed by atoms with Crippen LogP contribution in [0.1, 0.15) is 16.5 Å². The van der Waals surface area contributed by atoms with Crippen LogP contribution in [0.3, 0.4) is 0 Å². The van der Waals surface area contributed by atoms with Crippen molar-refractivity contribution in [2.45, 2.75) is 12.3 Å². The summed E-state index contributed by atoms with van der Waals surface area (Å²) in [4.78, 5) is 0. The standard InChI is InChI=1S/C9H7ClFN/c1-6-4-7(11)2-3-8(6)9(10)5-12/h2-4,9H,1H3. The predicted octanol–water partition coefficient (Wildman–Crippen LogP) is 2.94. The van der Waals surface area contributed by atoms with E-state index in [9.17, 15) is 4.39 Å². The lowest BCUT2D eigenvalue weighted by molar-refractivity contribution is 0.626. The van der Waals surface area contributed by atoms with Crippen molar-refractivity contribution < 1.29 is 4.39 Å². The van der Waals surface area contributed by atoms with Crippen LogP contribution >= 0.6 is 11.6 Å². The van der Waals surface area contributed by atoms with Crippen LogP contribution in [0, 0.1) is 24.1 Å². The van der Waals surface area contributed by atoms with E-state index in [1.165, 1.54) is 18.2 Å². The van der Waals surface area contributed by atoms with E-state index in [0.717, 1.165) is 0 Å². The van der Waals surface area contributed by atoms with Crippen molar-refractivity contribution >= 4 is 11.6 Å². The van der Waals surface area contributed by atoms with Gasteiger partial charge in [0.25, 0.3) is 0 Å². The van der Waals surface area contributed by atoms with E-state index in [2.05, 4.69) is 0 Å². The average molecular weight is 184 g/mol. The van der Waals surface area contributed by atoms with Crippen molar-refractivity contribution in [3.05, 3.63) is 35.1 Å². The highest BCUT2D eigenvalue weighted by Crippen LogP contribution is 2.23. The summed E-state index contributed by atoms with van der Waals surface area (Å²) in [5.41, 5.74) is 1.37. The Morgan fingerprint density at radius 1 is 1.58 bits per heavy atom. The van der Waals surface area contributed by atoms with Crippen molar-refractivity contribution in [3.8, 4) is 6.07 Å². The van der Waals surface area contributed by atoms with Crippen molar-refractivity contribution in [3.63, 3.8) is 0 Å². The summed E-state index contributed by atoms with van der Waals surface area (Å²) in [5.74, 6) is -0.307. The lowest BCUT2D eigenvalue weighted by atomic mass is 10.1. The number of alkyl halides is 1. The average Bonchev–Trinajstić information content (AvgIpc) is 2.03. The van der Waals surface area contributed by atoms with Gasteiger partial charge in [0, 0.05) is 0 Å². The van der Waals surface area contributed by atoms with E-state index < -0.39 is 5.38 Å².